The first-order valence-electron chi connectivity index (χ1n) is 10.9. The van der Waals surface area contributed by atoms with Crippen LogP contribution < -0.4 is 10.2 Å². The highest BCUT2D eigenvalue weighted by Gasteiger charge is 2.26. The van der Waals surface area contributed by atoms with Gasteiger partial charge in [-0.25, -0.2) is 4.39 Å². The normalized spacial score (nSPS) is 13.5. The van der Waals surface area contributed by atoms with Crippen molar-refractivity contribution in [1.82, 2.24) is 4.90 Å². The van der Waals surface area contributed by atoms with Crippen molar-refractivity contribution in [3.05, 3.63) is 98.3 Å². The molecule has 0 bridgehead atoms. The van der Waals surface area contributed by atoms with E-state index in [9.17, 15) is 24.1 Å². The summed E-state index contributed by atoms with van der Waals surface area (Å²) >= 11 is 6.18. The lowest BCUT2D eigenvalue weighted by atomic mass is 10.1. The zero-order valence-electron chi connectivity index (χ0n) is 18.8. The molecule has 1 aliphatic heterocycles. The average Bonchev–Trinajstić information content (AvgIpc) is 2.84. The van der Waals surface area contributed by atoms with Gasteiger partial charge in [-0.15, -0.1) is 0 Å². The largest absolute Gasteiger partial charge is 0.366 e. The monoisotopic (exact) mass is 496 g/mol. The molecule has 0 aliphatic carbocycles. The highest BCUT2D eigenvalue weighted by atomic mass is 35.5. The lowest BCUT2D eigenvalue weighted by Gasteiger charge is -2.37. The van der Waals surface area contributed by atoms with Crippen LogP contribution in [0.1, 0.15) is 26.3 Å². The number of anilines is 2. The maximum atomic E-state index is 14.0. The zero-order valence-corrected chi connectivity index (χ0v) is 19.6. The Kier molecular flexibility index (Phi) is 6.97. The van der Waals surface area contributed by atoms with Crippen molar-refractivity contribution in [3.8, 4) is 0 Å². The zero-order chi connectivity index (χ0) is 25.1. The maximum absolute atomic E-state index is 14.0. The number of carbonyl (C=O) groups is 2. The molecule has 1 fully saturated rings. The Balaban J connectivity index is 1.52. The molecule has 8 nitrogen and oxygen atoms in total. The first kappa shape index (κ1) is 24.2. The summed E-state index contributed by atoms with van der Waals surface area (Å²) in [5.41, 5.74) is 1.49. The molecule has 0 saturated carbocycles. The van der Waals surface area contributed by atoms with Gasteiger partial charge in [0.2, 0.25) is 0 Å². The van der Waals surface area contributed by atoms with Crippen molar-refractivity contribution < 1.29 is 18.9 Å². The minimum Gasteiger partial charge on any atom is -0.366 e. The number of carbonyl (C=O) groups excluding carboxylic acids is 2. The number of hydrogen-bond acceptors (Lipinski definition) is 5. The van der Waals surface area contributed by atoms with E-state index >= 15 is 0 Å². The Labute approximate surface area is 206 Å². The summed E-state index contributed by atoms with van der Waals surface area (Å²) in [6.45, 7) is 3.18. The van der Waals surface area contributed by atoms with E-state index in [1.807, 2.05) is 4.90 Å². The molecule has 10 heteroatoms. The lowest BCUT2D eigenvalue weighted by molar-refractivity contribution is -0.385. The standard InChI is InChI=1S/C25H22ClFN4O4/c1-16-18(6-4-8-22(16)31(34)35)24(32)28-21-15-17(26)9-10-23(21)29-11-13-30(14-12-29)25(33)19-5-2-3-7-20(19)27/h2-10,15H,11-14H2,1H3,(H,28,32). The molecule has 0 spiro atoms. The van der Waals surface area contributed by atoms with Crippen LogP contribution in [-0.4, -0.2) is 47.8 Å². The molecule has 4 rings (SSSR count). The minimum atomic E-state index is -0.556. The van der Waals surface area contributed by atoms with E-state index in [1.54, 1.807) is 29.2 Å². The highest BCUT2D eigenvalue weighted by molar-refractivity contribution is 6.31. The Morgan fingerprint density at radius 2 is 1.69 bits per heavy atom. The Hall–Kier alpha value is -3.98. The average molecular weight is 497 g/mol. The Bertz CT molecular complexity index is 1310. The van der Waals surface area contributed by atoms with E-state index in [0.29, 0.717) is 42.6 Å². The SMILES string of the molecule is Cc1c(C(=O)Nc2cc(Cl)ccc2N2CCN(C(=O)c3ccccc3F)CC2)cccc1[N+](=O)[O-]. The molecule has 1 aliphatic rings. The van der Waals surface area contributed by atoms with Crippen LogP contribution in [0.25, 0.3) is 0 Å². The van der Waals surface area contributed by atoms with E-state index in [-0.39, 0.29) is 28.3 Å². The predicted molar refractivity (Wildman–Crippen MR) is 132 cm³/mol. The number of benzene rings is 3. The number of halogens is 2. The van der Waals surface area contributed by atoms with Crippen molar-refractivity contribution in [3.63, 3.8) is 0 Å². The van der Waals surface area contributed by atoms with Crippen LogP contribution in [0.5, 0.6) is 0 Å². The third kappa shape index (κ3) is 5.09. The fourth-order valence-corrected chi connectivity index (χ4v) is 4.27. The first-order valence-corrected chi connectivity index (χ1v) is 11.3. The van der Waals surface area contributed by atoms with Crippen LogP contribution >= 0.6 is 11.6 Å². The van der Waals surface area contributed by atoms with Gasteiger partial charge in [-0.2, -0.15) is 0 Å². The van der Waals surface area contributed by atoms with Crippen LogP contribution in [-0.2, 0) is 0 Å². The van der Waals surface area contributed by atoms with E-state index < -0.39 is 16.6 Å². The second kappa shape index (κ2) is 10.1. The second-order valence-corrected chi connectivity index (χ2v) is 8.52. The molecule has 3 aromatic rings. The summed E-state index contributed by atoms with van der Waals surface area (Å²) < 4.78 is 14.0. The van der Waals surface area contributed by atoms with Gasteiger partial charge in [0.25, 0.3) is 17.5 Å². The van der Waals surface area contributed by atoms with E-state index in [0.717, 1.165) is 0 Å². The van der Waals surface area contributed by atoms with Gasteiger partial charge in [-0.3, -0.25) is 19.7 Å². The summed E-state index contributed by atoms with van der Waals surface area (Å²) in [7, 11) is 0. The van der Waals surface area contributed by atoms with Crippen LogP contribution in [0.15, 0.2) is 60.7 Å². The van der Waals surface area contributed by atoms with Crippen LogP contribution in [0.2, 0.25) is 5.02 Å². The molecule has 180 valence electrons. The van der Waals surface area contributed by atoms with Gasteiger partial charge in [0, 0.05) is 48.4 Å². The van der Waals surface area contributed by atoms with Gasteiger partial charge >= 0.3 is 0 Å². The van der Waals surface area contributed by atoms with Gasteiger partial charge in [0.05, 0.1) is 21.9 Å². The number of nitrogens with zero attached hydrogens (tertiary/aromatic N) is 3. The molecule has 35 heavy (non-hydrogen) atoms. The van der Waals surface area contributed by atoms with Crippen molar-refractivity contribution in [2.45, 2.75) is 6.92 Å². The second-order valence-electron chi connectivity index (χ2n) is 8.08. The topological polar surface area (TPSA) is 95.8 Å². The molecule has 0 aromatic heterocycles. The van der Waals surface area contributed by atoms with Crippen molar-refractivity contribution in [2.24, 2.45) is 0 Å². The smallest absolute Gasteiger partial charge is 0.273 e. The molecule has 1 N–H and O–H groups in total. The van der Waals surface area contributed by atoms with Crippen molar-refractivity contribution in [2.75, 3.05) is 36.4 Å². The van der Waals surface area contributed by atoms with Crippen molar-refractivity contribution in [1.29, 1.82) is 0 Å². The summed E-state index contributed by atoms with van der Waals surface area (Å²) in [6, 6.07) is 15.3. The quantitative estimate of drug-likeness (QED) is 0.400. The van der Waals surface area contributed by atoms with Crippen molar-refractivity contribution >= 4 is 40.5 Å². The van der Waals surface area contributed by atoms with Crippen LogP contribution in [0.4, 0.5) is 21.5 Å². The summed E-state index contributed by atoms with van der Waals surface area (Å²) in [4.78, 5) is 40.0. The number of hydrogen-bond donors (Lipinski definition) is 1. The number of amides is 2. The first-order chi connectivity index (χ1) is 16.8. The Morgan fingerprint density at radius 1 is 1.00 bits per heavy atom. The molecular formula is C25H22ClFN4O4. The van der Waals surface area contributed by atoms with Crippen LogP contribution in [0.3, 0.4) is 0 Å². The predicted octanol–water partition coefficient (Wildman–Crippen LogP) is 4.91. The number of nitrogens with one attached hydrogen (secondary N) is 1. The van der Waals surface area contributed by atoms with E-state index in [1.165, 1.54) is 43.3 Å². The number of nitro groups is 1. The minimum absolute atomic E-state index is 0.0349. The Morgan fingerprint density at radius 3 is 2.37 bits per heavy atom. The molecule has 0 radical (unpaired) electrons. The highest BCUT2D eigenvalue weighted by Crippen LogP contribution is 2.31. The number of piperazine rings is 1. The maximum Gasteiger partial charge on any atom is 0.273 e. The molecule has 0 atom stereocenters. The van der Waals surface area contributed by atoms with Gasteiger partial charge < -0.3 is 15.1 Å². The fourth-order valence-electron chi connectivity index (χ4n) is 4.10. The van der Waals surface area contributed by atoms with Gasteiger partial charge in [-0.05, 0) is 43.3 Å². The molecule has 0 unspecified atom stereocenters. The van der Waals surface area contributed by atoms with Gasteiger partial charge in [0.15, 0.2) is 0 Å². The summed E-state index contributed by atoms with van der Waals surface area (Å²) in [6.07, 6.45) is 0. The third-order valence-corrected chi connectivity index (χ3v) is 6.20. The third-order valence-electron chi connectivity index (χ3n) is 5.97. The summed E-state index contributed by atoms with van der Waals surface area (Å²) in [5.74, 6) is -1.42. The molecule has 2 amide bonds. The van der Waals surface area contributed by atoms with E-state index in [4.69, 9.17) is 11.6 Å². The fraction of sp³-hybridized carbons (Fsp3) is 0.200. The summed E-state index contributed by atoms with van der Waals surface area (Å²) in [5, 5.41) is 14.5. The number of rotatable bonds is 5. The van der Waals surface area contributed by atoms with Crippen LogP contribution in [0, 0.1) is 22.9 Å². The van der Waals surface area contributed by atoms with Gasteiger partial charge in [0.1, 0.15) is 5.82 Å². The van der Waals surface area contributed by atoms with E-state index in [2.05, 4.69) is 5.32 Å². The molecule has 1 saturated heterocycles. The molecular weight excluding hydrogens is 475 g/mol. The molecule has 1 heterocycles. The number of nitro benzene ring substituents is 1. The molecule has 3 aromatic carbocycles. The van der Waals surface area contributed by atoms with Gasteiger partial charge in [-0.1, -0.05) is 29.8 Å². The lowest BCUT2D eigenvalue weighted by Crippen LogP contribution is -2.49.